The topological polar surface area (TPSA) is 201 Å². The van der Waals surface area contributed by atoms with Gasteiger partial charge < -0.3 is 10.2 Å². The van der Waals surface area contributed by atoms with E-state index in [0.29, 0.717) is 28.3 Å². The Hall–Kier alpha value is -2.38. The summed E-state index contributed by atoms with van der Waals surface area (Å²) in [6.07, 6.45) is 2.97. The first-order chi connectivity index (χ1) is 14.7. The highest BCUT2D eigenvalue weighted by molar-refractivity contribution is 6.67. The summed E-state index contributed by atoms with van der Waals surface area (Å²) in [5, 5.41) is 13.7. The van der Waals surface area contributed by atoms with Gasteiger partial charge in [0.25, 0.3) is 5.24 Å². The second-order valence-electron chi connectivity index (χ2n) is 5.25. The zero-order chi connectivity index (χ0) is 23.8. The van der Waals surface area contributed by atoms with Crippen molar-refractivity contribution in [3.8, 4) is 11.4 Å². The molecule has 0 saturated heterocycles. The highest BCUT2D eigenvalue weighted by Gasteiger charge is 2.03. The molecule has 0 aromatic carbocycles. The smallest absolute Gasteiger partial charge is 0.253 e. The Bertz CT molecular complexity index is 925. The quantitative estimate of drug-likeness (QED) is 0.0959. The molecule has 0 amide bonds. The number of aryl methyl sites for hydroxylation is 1. The molecule has 0 aliphatic carbocycles. The van der Waals surface area contributed by atoms with Crippen LogP contribution in [0.4, 0.5) is 0 Å². The van der Waals surface area contributed by atoms with E-state index in [2.05, 4.69) is 41.6 Å². The number of hydrogen-bond donors (Lipinski definition) is 4. The third-order valence-corrected chi connectivity index (χ3v) is 3.56. The normalized spacial score (nSPS) is 8.48. The zero-order valence-electron chi connectivity index (χ0n) is 18.0. The number of H-pyrrole nitrogens is 1. The van der Waals surface area contributed by atoms with Crippen molar-refractivity contribution in [1.29, 1.82) is 5.41 Å². The summed E-state index contributed by atoms with van der Waals surface area (Å²) < 4.78 is 4.62. The molecule has 33 heavy (non-hydrogen) atoms. The fraction of sp³-hybridized carbons (Fsp3) is 0.222. The summed E-state index contributed by atoms with van der Waals surface area (Å²) in [6.45, 7) is 5.93. The molecule has 3 aromatic heterocycles. The van der Waals surface area contributed by atoms with Gasteiger partial charge in [0.1, 0.15) is 16.1 Å². The Balaban J connectivity index is -0.000000406. The van der Waals surface area contributed by atoms with Crippen LogP contribution in [0.25, 0.3) is 11.4 Å². The van der Waals surface area contributed by atoms with Gasteiger partial charge in [-0.15, -0.1) is 12.4 Å². The van der Waals surface area contributed by atoms with E-state index >= 15 is 0 Å². The summed E-state index contributed by atoms with van der Waals surface area (Å²) >= 11 is 16.2. The lowest BCUT2D eigenvalue weighted by Crippen LogP contribution is -2.02. The first-order valence-electron chi connectivity index (χ1n) is 8.56. The van der Waals surface area contributed by atoms with Gasteiger partial charge in [-0.2, -0.15) is 5.10 Å². The van der Waals surface area contributed by atoms with Gasteiger partial charge in [0.05, 0.1) is 12.2 Å². The Morgan fingerprint density at radius 3 is 1.97 bits per heavy atom. The number of pyridine rings is 2. The first kappa shape index (κ1) is 35.2. The zero-order valence-corrected chi connectivity index (χ0v) is 21.1. The Labute approximate surface area is 212 Å². The van der Waals surface area contributed by atoms with Crippen molar-refractivity contribution >= 4 is 58.4 Å². The molecule has 184 valence electrons. The lowest BCUT2D eigenvalue weighted by Gasteiger charge is -1.93. The number of ether oxygens (including phenoxy) is 1. The molecule has 0 bridgehead atoms. The van der Waals surface area contributed by atoms with E-state index in [4.69, 9.17) is 40.2 Å². The molecule has 3 aromatic rings. The summed E-state index contributed by atoms with van der Waals surface area (Å²) in [5.74, 6) is 9.71. The maximum Gasteiger partial charge on any atom is 0.253 e. The van der Waals surface area contributed by atoms with E-state index in [0.717, 1.165) is 11.4 Å². The predicted molar refractivity (Wildman–Crippen MR) is 133 cm³/mol. The number of carbonyl (C=O) groups excluding carboxylic acids is 1. The maximum atomic E-state index is 10.4. The van der Waals surface area contributed by atoms with Crippen molar-refractivity contribution in [3.05, 3.63) is 58.4 Å². The highest BCUT2D eigenvalue weighted by Crippen LogP contribution is 2.14. The number of hydrogen-bond acceptors (Lipinski definition) is 9. The number of rotatable bonds is 3. The molecule has 0 atom stereocenters. The predicted octanol–water partition coefficient (Wildman–Crippen LogP) is 3.38. The Morgan fingerprint density at radius 2 is 1.67 bits per heavy atom. The van der Waals surface area contributed by atoms with Gasteiger partial charge in [0, 0.05) is 24.9 Å². The van der Waals surface area contributed by atoms with Crippen LogP contribution in [-0.2, 0) is 4.74 Å². The average Bonchev–Trinajstić information content (AvgIpc) is 3.17. The molecule has 15 heteroatoms. The second kappa shape index (κ2) is 20.2. The molecular formula is C18H26Cl4N8O3. The summed E-state index contributed by atoms with van der Waals surface area (Å²) in [7, 11) is 0. The van der Waals surface area contributed by atoms with E-state index < -0.39 is 5.24 Å². The van der Waals surface area contributed by atoms with Crippen LogP contribution in [0.2, 0.25) is 10.3 Å². The Morgan fingerprint density at radius 1 is 1.12 bits per heavy atom. The number of nitrogens with two attached hydrogens (primary N) is 2. The summed E-state index contributed by atoms with van der Waals surface area (Å²) in [6, 6.07) is 6.57. The average molecular weight is 544 g/mol. The van der Waals surface area contributed by atoms with Gasteiger partial charge in [-0.1, -0.05) is 23.2 Å². The fourth-order valence-electron chi connectivity index (χ4n) is 1.69. The fourth-order valence-corrected chi connectivity index (χ4v) is 2.02. The molecule has 3 heterocycles. The molecular weight excluding hydrogens is 518 g/mol. The highest BCUT2D eigenvalue weighted by atomic mass is 35.5. The molecule has 11 nitrogen and oxygen atoms in total. The van der Waals surface area contributed by atoms with Crippen LogP contribution < -0.4 is 11.7 Å². The minimum atomic E-state index is -0.524. The van der Waals surface area contributed by atoms with Crippen LogP contribution in [0, 0.1) is 12.3 Å². The number of nitrogens with zero attached hydrogens (tertiary/aromatic N) is 4. The van der Waals surface area contributed by atoms with Crippen molar-refractivity contribution in [3.63, 3.8) is 0 Å². The van der Waals surface area contributed by atoms with Gasteiger partial charge >= 0.3 is 0 Å². The van der Waals surface area contributed by atoms with Gasteiger partial charge in [-0.3, -0.25) is 27.0 Å². The van der Waals surface area contributed by atoms with E-state index in [1.165, 1.54) is 18.3 Å². The van der Waals surface area contributed by atoms with E-state index in [1.54, 1.807) is 19.2 Å². The number of aromatic nitrogens is 5. The van der Waals surface area contributed by atoms with Gasteiger partial charge in [-0.25, -0.2) is 15.0 Å². The largest absolute Gasteiger partial charge is 0.482 e. The van der Waals surface area contributed by atoms with E-state index in [-0.39, 0.29) is 23.8 Å². The molecule has 3 rings (SSSR count). The number of nitrogens with one attached hydrogen (secondary N) is 2. The van der Waals surface area contributed by atoms with Crippen LogP contribution in [0.15, 0.2) is 36.7 Å². The second-order valence-corrected chi connectivity index (χ2v) is 6.36. The lowest BCUT2D eigenvalue weighted by molar-refractivity contribution is 0.108. The molecule has 0 aliphatic heterocycles. The number of hydrazine groups is 1. The van der Waals surface area contributed by atoms with Crippen LogP contribution in [0.1, 0.15) is 30.0 Å². The SMILES string of the molecule is CCOC(C)=N.Cc1nc(-c2ccc(Cl)nc2)n[nH]1.Cl.NN.O.O=C(Cl)c1ccc(Cl)nc1. The van der Waals surface area contributed by atoms with Crippen LogP contribution in [-0.4, -0.2) is 48.4 Å². The van der Waals surface area contributed by atoms with Crippen molar-refractivity contribution in [2.75, 3.05) is 6.61 Å². The molecule has 0 fully saturated rings. The van der Waals surface area contributed by atoms with Crippen LogP contribution >= 0.6 is 47.2 Å². The monoisotopic (exact) mass is 542 g/mol. The van der Waals surface area contributed by atoms with Crippen LogP contribution in [0.3, 0.4) is 0 Å². The van der Waals surface area contributed by atoms with Crippen molar-refractivity contribution in [1.82, 2.24) is 25.1 Å². The van der Waals surface area contributed by atoms with Crippen molar-refractivity contribution < 1.29 is 15.0 Å². The first-order valence-corrected chi connectivity index (χ1v) is 9.69. The molecule has 8 N–H and O–H groups in total. The number of carbonyl (C=O) groups is 1. The molecule has 0 radical (unpaired) electrons. The van der Waals surface area contributed by atoms with Crippen molar-refractivity contribution in [2.45, 2.75) is 20.8 Å². The van der Waals surface area contributed by atoms with Crippen molar-refractivity contribution in [2.24, 2.45) is 11.7 Å². The number of aromatic amines is 1. The van der Waals surface area contributed by atoms with Gasteiger partial charge in [0.15, 0.2) is 11.7 Å². The third-order valence-electron chi connectivity index (χ3n) is 2.90. The minimum Gasteiger partial charge on any atom is -0.482 e. The molecule has 0 aliphatic rings. The molecule has 0 unspecified atom stereocenters. The standard InChI is InChI=1S/C8H7ClN4.C6H3Cl2NO.C4H9NO.ClH.H4N2.H2O/c1-5-11-8(13-12-5)6-2-3-7(9)10-4-6;7-5-2-1-4(3-9-5)6(8)10;1-3-6-4(2)5;;1-2;/h2-4H,1H3,(H,11,12,13);1-3H;5H,3H2,1-2H3;1H;1-2H2;1H2. The molecule has 0 saturated carbocycles. The summed E-state index contributed by atoms with van der Waals surface area (Å²) in [5.41, 5.74) is 1.21. The third kappa shape index (κ3) is 16.0. The Kier molecular flexibility index (Phi) is 21.6. The van der Waals surface area contributed by atoms with E-state index in [1.807, 2.05) is 19.9 Å². The number of halogens is 4. The van der Waals surface area contributed by atoms with Crippen LogP contribution in [0.5, 0.6) is 0 Å². The lowest BCUT2D eigenvalue weighted by atomic mass is 10.3. The minimum absolute atomic E-state index is 0. The van der Waals surface area contributed by atoms with Gasteiger partial charge in [0.2, 0.25) is 0 Å². The molecule has 0 spiro atoms. The van der Waals surface area contributed by atoms with Gasteiger partial charge in [-0.05, 0) is 49.7 Å². The maximum absolute atomic E-state index is 10.4. The van der Waals surface area contributed by atoms with E-state index in [9.17, 15) is 4.79 Å². The summed E-state index contributed by atoms with van der Waals surface area (Å²) in [4.78, 5) is 22.2.